The summed E-state index contributed by atoms with van der Waals surface area (Å²) in [6.45, 7) is 2.38. The Morgan fingerprint density at radius 1 is 1.41 bits per heavy atom. The van der Waals surface area contributed by atoms with Crippen molar-refractivity contribution < 1.29 is 17.9 Å². The molecular weight excluding hydrogens is 304 g/mol. The third-order valence-electron chi connectivity index (χ3n) is 4.59. The minimum absolute atomic E-state index is 0.0618. The van der Waals surface area contributed by atoms with Crippen molar-refractivity contribution in [3.8, 4) is 5.88 Å². The smallest absolute Gasteiger partial charge is 0.213 e. The molecule has 2 fully saturated rings. The van der Waals surface area contributed by atoms with Crippen LogP contribution in [0.2, 0.25) is 0 Å². The molecule has 122 valence electrons. The van der Waals surface area contributed by atoms with Gasteiger partial charge in [-0.15, -0.1) is 0 Å². The van der Waals surface area contributed by atoms with Crippen molar-refractivity contribution in [2.24, 2.45) is 5.41 Å². The average molecular weight is 326 g/mol. The van der Waals surface area contributed by atoms with Crippen LogP contribution in [0.1, 0.15) is 19.3 Å². The van der Waals surface area contributed by atoms with Gasteiger partial charge in [0, 0.05) is 25.4 Å². The van der Waals surface area contributed by atoms with Gasteiger partial charge in [-0.1, -0.05) is 6.07 Å². The second kappa shape index (κ2) is 6.14. The van der Waals surface area contributed by atoms with Gasteiger partial charge >= 0.3 is 0 Å². The maximum atomic E-state index is 11.6. The van der Waals surface area contributed by atoms with Gasteiger partial charge in [0.2, 0.25) is 15.9 Å². The largest absolute Gasteiger partial charge is 0.475 e. The predicted molar refractivity (Wildman–Crippen MR) is 82.2 cm³/mol. The molecule has 0 aromatic carbocycles. The highest BCUT2D eigenvalue weighted by atomic mass is 32.2. The number of hydrogen-bond donors (Lipinski definition) is 0. The molecule has 1 spiro atoms. The molecule has 0 saturated carbocycles. The summed E-state index contributed by atoms with van der Waals surface area (Å²) < 4.78 is 36.3. The number of pyridine rings is 1. The van der Waals surface area contributed by atoms with E-state index in [1.807, 2.05) is 18.2 Å². The van der Waals surface area contributed by atoms with Crippen LogP contribution < -0.4 is 4.74 Å². The minimum Gasteiger partial charge on any atom is -0.475 e. The lowest BCUT2D eigenvalue weighted by atomic mass is 9.77. The maximum Gasteiger partial charge on any atom is 0.213 e. The zero-order chi connectivity index (χ0) is 15.6. The Balaban J connectivity index is 1.50. The van der Waals surface area contributed by atoms with Crippen molar-refractivity contribution in [3.05, 3.63) is 24.4 Å². The normalized spacial score (nSPS) is 25.4. The molecule has 0 N–H and O–H groups in total. The third-order valence-corrected chi connectivity index (χ3v) is 5.90. The number of aromatic nitrogens is 1. The predicted octanol–water partition coefficient (Wildman–Crippen LogP) is 1.29. The van der Waals surface area contributed by atoms with Gasteiger partial charge < -0.3 is 9.47 Å². The standard InChI is InChI=1S/C15H22N2O4S/c1-22(18,19)17-8-5-15(6-9-17)10-13(21-12-15)11-20-14-4-2-3-7-16-14/h2-4,7,13H,5-6,8-12H2,1H3/t13-/m0/s1. The molecule has 1 aromatic rings. The number of ether oxygens (including phenoxy) is 2. The number of nitrogens with zero attached hydrogens (tertiary/aromatic N) is 2. The quantitative estimate of drug-likeness (QED) is 0.834. The summed E-state index contributed by atoms with van der Waals surface area (Å²) in [5, 5.41) is 0. The van der Waals surface area contributed by atoms with E-state index in [2.05, 4.69) is 4.98 Å². The molecular formula is C15H22N2O4S. The van der Waals surface area contributed by atoms with Crippen LogP contribution >= 0.6 is 0 Å². The fourth-order valence-electron chi connectivity index (χ4n) is 3.25. The first kappa shape index (κ1) is 15.7. The van der Waals surface area contributed by atoms with Gasteiger partial charge in [-0.05, 0) is 30.7 Å². The van der Waals surface area contributed by atoms with Gasteiger partial charge in [-0.25, -0.2) is 17.7 Å². The van der Waals surface area contributed by atoms with Crippen LogP contribution in [0.3, 0.4) is 0 Å². The van der Waals surface area contributed by atoms with Crippen molar-refractivity contribution in [1.29, 1.82) is 0 Å². The Morgan fingerprint density at radius 2 is 2.18 bits per heavy atom. The van der Waals surface area contributed by atoms with E-state index in [0.29, 0.717) is 32.2 Å². The lowest BCUT2D eigenvalue weighted by Crippen LogP contribution is -2.43. The third kappa shape index (κ3) is 3.59. The van der Waals surface area contributed by atoms with E-state index in [4.69, 9.17) is 9.47 Å². The zero-order valence-electron chi connectivity index (χ0n) is 12.8. The Bertz CT molecular complexity index is 597. The van der Waals surface area contributed by atoms with Crippen molar-refractivity contribution in [2.75, 3.05) is 32.6 Å². The van der Waals surface area contributed by atoms with Crippen LogP contribution in [0.5, 0.6) is 5.88 Å². The first-order chi connectivity index (χ1) is 10.5. The molecule has 0 amide bonds. The molecule has 0 bridgehead atoms. The fraction of sp³-hybridized carbons (Fsp3) is 0.667. The highest BCUT2D eigenvalue weighted by molar-refractivity contribution is 7.88. The van der Waals surface area contributed by atoms with Gasteiger partial charge in [-0.2, -0.15) is 0 Å². The highest BCUT2D eigenvalue weighted by Gasteiger charge is 2.43. The summed E-state index contributed by atoms with van der Waals surface area (Å²) in [7, 11) is -3.07. The van der Waals surface area contributed by atoms with Gasteiger partial charge in [0.05, 0.1) is 19.0 Å². The Labute approximate surface area is 131 Å². The number of hydrogen-bond acceptors (Lipinski definition) is 5. The van der Waals surface area contributed by atoms with E-state index in [0.717, 1.165) is 19.3 Å². The fourth-order valence-corrected chi connectivity index (χ4v) is 4.10. The molecule has 0 aliphatic carbocycles. The summed E-state index contributed by atoms with van der Waals surface area (Å²) in [5.74, 6) is 0.610. The zero-order valence-corrected chi connectivity index (χ0v) is 13.6. The molecule has 0 unspecified atom stereocenters. The van der Waals surface area contributed by atoms with Gasteiger partial charge in [-0.3, -0.25) is 0 Å². The number of rotatable bonds is 4. The van der Waals surface area contributed by atoms with Crippen LogP contribution in [-0.2, 0) is 14.8 Å². The van der Waals surface area contributed by atoms with Crippen LogP contribution in [0.25, 0.3) is 0 Å². The van der Waals surface area contributed by atoms with Crippen molar-refractivity contribution in [1.82, 2.24) is 9.29 Å². The molecule has 1 aromatic heterocycles. The number of piperidine rings is 1. The van der Waals surface area contributed by atoms with Gasteiger partial charge in [0.15, 0.2) is 0 Å². The van der Waals surface area contributed by atoms with Crippen molar-refractivity contribution in [3.63, 3.8) is 0 Å². The van der Waals surface area contributed by atoms with E-state index in [1.165, 1.54) is 6.26 Å². The first-order valence-corrected chi connectivity index (χ1v) is 9.42. The molecule has 2 saturated heterocycles. The van der Waals surface area contributed by atoms with Gasteiger partial charge in [0.1, 0.15) is 6.61 Å². The molecule has 7 heteroatoms. The topological polar surface area (TPSA) is 68.7 Å². The summed E-state index contributed by atoms with van der Waals surface area (Å²) in [4.78, 5) is 4.13. The Morgan fingerprint density at radius 3 is 2.82 bits per heavy atom. The van der Waals surface area contributed by atoms with E-state index < -0.39 is 10.0 Å². The molecule has 0 radical (unpaired) electrons. The Kier molecular flexibility index (Phi) is 4.38. The van der Waals surface area contributed by atoms with E-state index in [-0.39, 0.29) is 11.5 Å². The van der Waals surface area contributed by atoms with Gasteiger partial charge in [0.25, 0.3) is 0 Å². The summed E-state index contributed by atoms with van der Waals surface area (Å²) in [5.41, 5.74) is 0.110. The molecule has 3 heterocycles. The summed E-state index contributed by atoms with van der Waals surface area (Å²) in [6.07, 6.45) is 5.69. The van der Waals surface area contributed by atoms with E-state index in [1.54, 1.807) is 10.5 Å². The molecule has 3 rings (SSSR count). The molecule has 1 atom stereocenters. The molecule has 2 aliphatic heterocycles. The average Bonchev–Trinajstić information content (AvgIpc) is 2.89. The van der Waals surface area contributed by atoms with Crippen molar-refractivity contribution in [2.45, 2.75) is 25.4 Å². The molecule has 6 nitrogen and oxygen atoms in total. The molecule has 22 heavy (non-hydrogen) atoms. The summed E-state index contributed by atoms with van der Waals surface area (Å²) in [6, 6.07) is 5.57. The lowest BCUT2D eigenvalue weighted by Gasteiger charge is -2.37. The molecule has 2 aliphatic rings. The van der Waals surface area contributed by atoms with Crippen LogP contribution in [0.15, 0.2) is 24.4 Å². The SMILES string of the molecule is CS(=O)(=O)N1CCC2(CC1)CO[C@H](COc1ccccn1)C2. The minimum atomic E-state index is -3.07. The van der Waals surface area contributed by atoms with Crippen molar-refractivity contribution >= 4 is 10.0 Å². The maximum absolute atomic E-state index is 11.6. The highest BCUT2D eigenvalue weighted by Crippen LogP contribution is 2.42. The van der Waals surface area contributed by atoms with Crippen LogP contribution in [-0.4, -0.2) is 56.4 Å². The summed E-state index contributed by atoms with van der Waals surface area (Å²) >= 11 is 0. The second-order valence-corrected chi connectivity index (χ2v) is 8.26. The first-order valence-electron chi connectivity index (χ1n) is 7.57. The monoisotopic (exact) mass is 326 g/mol. The van der Waals surface area contributed by atoms with Crippen LogP contribution in [0, 0.1) is 5.41 Å². The number of sulfonamides is 1. The van der Waals surface area contributed by atoms with E-state index in [9.17, 15) is 8.42 Å². The van der Waals surface area contributed by atoms with E-state index >= 15 is 0 Å². The second-order valence-electron chi connectivity index (χ2n) is 6.28. The Hall–Kier alpha value is -1.18. The van der Waals surface area contributed by atoms with Crippen LogP contribution in [0.4, 0.5) is 0 Å². The lowest BCUT2D eigenvalue weighted by molar-refractivity contribution is 0.0529.